The maximum absolute atomic E-state index is 7.46. The molecule has 2 aromatic heterocycles. The summed E-state index contributed by atoms with van der Waals surface area (Å²) in [6.07, 6.45) is 0. The molecule has 10 aromatic carbocycles. The topological polar surface area (TPSA) is 9.86 Å². The first-order chi connectivity index (χ1) is 33.7. The summed E-state index contributed by atoms with van der Waals surface area (Å²) in [5.41, 5.74) is 17.0. The van der Waals surface area contributed by atoms with E-state index in [1.54, 1.807) is 0 Å². The van der Waals surface area contributed by atoms with Crippen LogP contribution in [0.5, 0.6) is 0 Å². The molecule has 2 nitrogen and oxygen atoms in total. The standard InChI is InChI=1S/C60H33B7N2/c61-52-49(53(62)57(66)59-50(52)51-54(63)55(64)56(65)58(67)60(51)69(59)44-21-11-19-40(31-44)36-16-8-3-9-17-36)42-27-29-48-46(33-42)45-32-41(38-24-22-37(23-25-38)34-12-4-1-5-13-34)26-28-47(45)68(48)43-20-10-18-39(30-43)35-14-6-2-7-15-35/h1-33H. The first-order valence-electron chi connectivity index (χ1n) is 22.8. The highest BCUT2D eigenvalue weighted by atomic mass is 15.0. The third kappa shape index (κ3) is 6.89. The van der Waals surface area contributed by atoms with Gasteiger partial charge in [0.05, 0.1) is 11.0 Å². The second-order valence-corrected chi connectivity index (χ2v) is 17.6. The Hall–Kier alpha value is -7.75. The molecule has 0 bridgehead atoms. The molecule has 0 amide bonds. The van der Waals surface area contributed by atoms with Gasteiger partial charge in [0.1, 0.15) is 54.9 Å². The summed E-state index contributed by atoms with van der Waals surface area (Å²) in [5, 5.41) is 3.19. The number of aromatic nitrogens is 2. The number of hydrogen-bond acceptors (Lipinski definition) is 0. The summed E-state index contributed by atoms with van der Waals surface area (Å²) in [5.74, 6) is 0. The van der Waals surface area contributed by atoms with E-state index < -0.39 is 0 Å². The second-order valence-electron chi connectivity index (χ2n) is 17.6. The molecule has 0 spiro atoms. The van der Waals surface area contributed by atoms with Gasteiger partial charge in [0, 0.05) is 38.6 Å². The van der Waals surface area contributed by atoms with E-state index in [2.05, 4.69) is 162 Å². The van der Waals surface area contributed by atoms with Crippen molar-refractivity contribution in [2.24, 2.45) is 0 Å². The fourth-order valence-electron chi connectivity index (χ4n) is 10.3. The summed E-state index contributed by atoms with van der Waals surface area (Å²) in [6, 6.07) is 69.5. The van der Waals surface area contributed by atoms with Crippen LogP contribution in [-0.2, 0) is 0 Å². The lowest BCUT2D eigenvalue weighted by molar-refractivity contribution is 1.18. The zero-order valence-corrected chi connectivity index (χ0v) is 37.5. The Balaban J connectivity index is 1.10. The van der Waals surface area contributed by atoms with Gasteiger partial charge in [-0.3, -0.25) is 0 Å². The Bertz CT molecular complexity index is 4010. The minimum absolute atomic E-state index is 0.171. The summed E-state index contributed by atoms with van der Waals surface area (Å²) in [4.78, 5) is 0. The highest BCUT2D eigenvalue weighted by Gasteiger charge is 2.25. The number of rotatable bonds is 7. The molecule has 14 radical (unpaired) electrons. The third-order valence-electron chi connectivity index (χ3n) is 13.7. The average molecular weight is 858 g/mol. The molecule has 0 aliphatic carbocycles. The summed E-state index contributed by atoms with van der Waals surface area (Å²) in [6.45, 7) is 0. The Morgan fingerprint density at radius 3 is 1.14 bits per heavy atom. The molecular formula is C60H33B7N2. The first kappa shape index (κ1) is 42.6. The van der Waals surface area contributed by atoms with Gasteiger partial charge in [-0.15, -0.1) is 10.9 Å². The van der Waals surface area contributed by atoms with Gasteiger partial charge in [0.25, 0.3) is 0 Å². The lowest BCUT2D eigenvalue weighted by Gasteiger charge is -2.19. The van der Waals surface area contributed by atoms with Crippen LogP contribution >= 0.6 is 0 Å². The zero-order valence-electron chi connectivity index (χ0n) is 37.5. The molecule has 12 aromatic rings. The Morgan fingerprint density at radius 2 is 0.609 bits per heavy atom. The van der Waals surface area contributed by atoms with Gasteiger partial charge in [-0.1, -0.05) is 179 Å². The molecule has 0 aliphatic rings. The van der Waals surface area contributed by atoms with Crippen molar-refractivity contribution >= 4 is 137 Å². The quantitative estimate of drug-likeness (QED) is 0.145. The number of fused-ring (bicyclic) bond motifs is 6. The number of hydrogen-bond donors (Lipinski definition) is 0. The van der Waals surface area contributed by atoms with Crippen LogP contribution in [0, 0.1) is 0 Å². The number of benzene rings is 10. The fourth-order valence-corrected chi connectivity index (χ4v) is 10.3. The average Bonchev–Trinajstić information content (AvgIpc) is 3.94. The highest BCUT2D eigenvalue weighted by Crippen LogP contribution is 2.39. The van der Waals surface area contributed by atoms with Gasteiger partial charge in [-0.2, -0.15) is 0 Å². The molecule has 0 fully saturated rings. The van der Waals surface area contributed by atoms with Crippen molar-refractivity contribution in [2.45, 2.75) is 0 Å². The maximum atomic E-state index is 7.46. The van der Waals surface area contributed by atoms with E-state index >= 15 is 0 Å². The predicted octanol–water partition coefficient (Wildman–Crippen LogP) is 7.77. The van der Waals surface area contributed by atoms with Crippen LogP contribution in [0.4, 0.5) is 0 Å². The first-order valence-corrected chi connectivity index (χ1v) is 22.8. The molecule has 0 atom stereocenters. The molecule has 9 heteroatoms. The van der Waals surface area contributed by atoms with Crippen molar-refractivity contribution in [1.82, 2.24) is 9.13 Å². The van der Waals surface area contributed by atoms with Crippen LogP contribution in [0.15, 0.2) is 200 Å². The van der Waals surface area contributed by atoms with Crippen molar-refractivity contribution in [3.8, 4) is 67.0 Å². The lowest BCUT2D eigenvalue weighted by atomic mass is 9.64. The van der Waals surface area contributed by atoms with Crippen LogP contribution in [0.1, 0.15) is 0 Å². The maximum Gasteiger partial charge on any atom is 0.115 e. The minimum Gasteiger partial charge on any atom is -0.311 e. The fraction of sp³-hybridized carbons (Fsp3) is 0. The molecule has 0 saturated carbocycles. The summed E-state index contributed by atoms with van der Waals surface area (Å²) in [7, 11) is 49.1. The molecule has 12 rings (SSSR count). The van der Waals surface area contributed by atoms with E-state index in [4.69, 9.17) is 54.9 Å². The zero-order chi connectivity index (χ0) is 47.1. The van der Waals surface area contributed by atoms with Gasteiger partial charge in [0.15, 0.2) is 0 Å². The van der Waals surface area contributed by atoms with Crippen LogP contribution in [0.25, 0.3) is 111 Å². The number of nitrogens with zero attached hydrogens (tertiary/aromatic N) is 2. The predicted molar refractivity (Wildman–Crippen MR) is 300 cm³/mol. The molecule has 0 N–H and O–H groups in total. The SMILES string of the molecule is [B]c1c([B])c([B])c2c(c1[B])c1c([B])c(-c3ccc4c(c3)c3cc(-c5ccc(-c6ccccc6)cc5)ccc3n4-c3cccc(-c4ccccc4)c3)c([B])c([B])c1n2-c1cccc(-c2ccccc2)c1. The van der Waals surface area contributed by atoms with Gasteiger partial charge in [-0.25, -0.2) is 0 Å². The normalized spacial score (nSPS) is 11.6. The van der Waals surface area contributed by atoms with Gasteiger partial charge in [0.2, 0.25) is 0 Å². The van der Waals surface area contributed by atoms with Crippen LogP contribution in [0.2, 0.25) is 0 Å². The van der Waals surface area contributed by atoms with Gasteiger partial charge >= 0.3 is 0 Å². The monoisotopic (exact) mass is 858 g/mol. The van der Waals surface area contributed by atoms with E-state index in [0.29, 0.717) is 43.8 Å². The van der Waals surface area contributed by atoms with Gasteiger partial charge in [-0.05, 0) is 110 Å². The molecule has 0 saturated heterocycles. The van der Waals surface area contributed by atoms with Crippen molar-refractivity contribution in [1.29, 1.82) is 0 Å². The van der Waals surface area contributed by atoms with Crippen LogP contribution < -0.4 is 38.2 Å². The highest BCUT2D eigenvalue weighted by molar-refractivity contribution is 6.69. The van der Waals surface area contributed by atoms with Crippen molar-refractivity contribution < 1.29 is 0 Å². The molecule has 2 heterocycles. The smallest absolute Gasteiger partial charge is 0.115 e. The van der Waals surface area contributed by atoms with E-state index in [9.17, 15) is 0 Å². The lowest BCUT2D eigenvalue weighted by Crippen LogP contribution is -2.48. The van der Waals surface area contributed by atoms with Crippen LogP contribution in [0.3, 0.4) is 0 Å². The Morgan fingerprint density at radius 1 is 0.246 bits per heavy atom. The molecule has 304 valence electrons. The molecular weight excluding hydrogens is 824 g/mol. The van der Waals surface area contributed by atoms with E-state index in [-0.39, 0.29) is 21.9 Å². The van der Waals surface area contributed by atoms with E-state index in [1.807, 2.05) is 47.0 Å². The second kappa shape index (κ2) is 16.8. The van der Waals surface area contributed by atoms with Gasteiger partial charge < -0.3 is 9.13 Å². The molecule has 69 heavy (non-hydrogen) atoms. The van der Waals surface area contributed by atoms with Crippen molar-refractivity contribution in [2.75, 3.05) is 0 Å². The van der Waals surface area contributed by atoms with Crippen molar-refractivity contribution in [3.63, 3.8) is 0 Å². The largest absolute Gasteiger partial charge is 0.311 e. The minimum atomic E-state index is 0.171. The van der Waals surface area contributed by atoms with E-state index in [0.717, 1.165) is 77.7 Å². The Kier molecular flexibility index (Phi) is 10.4. The third-order valence-corrected chi connectivity index (χ3v) is 13.7. The Labute approximate surface area is 410 Å². The molecule has 0 aliphatic heterocycles. The van der Waals surface area contributed by atoms with E-state index in [1.165, 1.54) is 5.56 Å². The van der Waals surface area contributed by atoms with Crippen LogP contribution in [-0.4, -0.2) is 64.1 Å². The summed E-state index contributed by atoms with van der Waals surface area (Å²) < 4.78 is 4.28. The summed E-state index contributed by atoms with van der Waals surface area (Å²) >= 11 is 0. The molecule has 0 unspecified atom stereocenters. The van der Waals surface area contributed by atoms with Crippen molar-refractivity contribution in [3.05, 3.63) is 200 Å².